The van der Waals surface area contributed by atoms with Crippen molar-refractivity contribution in [3.63, 3.8) is 0 Å². The average molecular weight is 492 g/mol. The molecule has 2 rings (SSSR count). The average Bonchev–Trinajstić information content (AvgIpc) is 3.28. The quantitative estimate of drug-likeness (QED) is 0.189. The molecule has 1 heterocycles. The van der Waals surface area contributed by atoms with E-state index in [1.807, 2.05) is 0 Å². The minimum atomic E-state index is -1.61. The number of likely N-dealkylation sites (tertiary alicyclic amines) is 1. The molecule has 0 radical (unpaired) electrons. The van der Waals surface area contributed by atoms with Crippen molar-refractivity contribution in [3.8, 4) is 0 Å². The third-order valence-corrected chi connectivity index (χ3v) is 5.49. The van der Waals surface area contributed by atoms with Crippen LogP contribution in [0, 0.1) is 0 Å². The highest BCUT2D eigenvalue weighted by Crippen LogP contribution is 2.20. The van der Waals surface area contributed by atoms with Gasteiger partial charge in [0.05, 0.1) is 18.9 Å². The van der Waals surface area contributed by atoms with Gasteiger partial charge in [-0.3, -0.25) is 24.0 Å². The molecule has 4 atom stereocenters. The molecule has 0 aromatic heterocycles. The lowest BCUT2D eigenvalue weighted by Gasteiger charge is -2.29. The Morgan fingerprint density at radius 1 is 0.971 bits per heavy atom. The Morgan fingerprint density at radius 2 is 1.60 bits per heavy atom. The first-order valence-corrected chi connectivity index (χ1v) is 10.9. The Bertz CT molecular complexity index is 970. The van der Waals surface area contributed by atoms with Gasteiger partial charge in [0.1, 0.15) is 18.1 Å². The van der Waals surface area contributed by atoms with E-state index in [9.17, 15) is 39.0 Å². The number of rotatable bonds is 12. The van der Waals surface area contributed by atoms with E-state index < -0.39 is 72.6 Å². The number of primary amides is 1. The fourth-order valence-corrected chi connectivity index (χ4v) is 3.78. The van der Waals surface area contributed by atoms with Gasteiger partial charge in [-0.25, -0.2) is 4.79 Å². The summed E-state index contributed by atoms with van der Waals surface area (Å²) >= 11 is 0. The number of carbonyl (C=O) groups is 6. The fraction of sp³-hybridized carbons (Fsp3) is 0.455. The molecule has 1 aliphatic rings. The van der Waals surface area contributed by atoms with Crippen LogP contribution in [-0.2, 0) is 35.2 Å². The lowest BCUT2D eigenvalue weighted by Crippen LogP contribution is -2.58. The Hall–Kier alpha value is -4.00. The molecule has 190 valence electrons. The summed E-state index contributed by atoms with van der Waals surface area (Å²) < 4.78 is 0. The normalized spacial score (nSPS) is 17.6. The second-order valence-electron chi connectivity index (χ2n) is 8.21. The molecular formula is C22H29N5O8. The van der Waals surface area contributed by atoms with Crippen molar-refractivity contribution in [3.05, 3.63) is 35.9 Å². The van der Waals surface area contributed by atoms with Crippen molar-refractivity contribution >= 4 is 35.6 Å². The van der Waals surface area contributed by atoms with Crippen LogP contribution in [-0.4, -0.2) is 81.4 Å². The Balaban J connectivity index is 2.25. The number of hydrogen-bond acceptors (Lipinski definition) is 7. The van der Waals surface area contributed by atoms with Gasteiger partial charge >= 0.3 is 11.9 Å². The molecule has 13 heteroatoms. The second-order valence-corrected chi connectivity index (χ2v) is 8.21. The van der Waals surface area contributed by atoms with E-state index in [2.05, 4.69) is 10.6 Å². The van der Waals surface area contributed by atoms with Gasteiger partial charge in [0.15, 0.2) is 0 Å². The van der Waals surface area contributed by atoms with Crippen LogP contribution in [0.1, 0.15) is 31.2 Å². The summed E-state index contributed by atoms with van der Waals surface area (Å²) in [6.07, 6.45) is -0.599. The van der Waals surface area contributed by atoms with Crippen LogP contribution >= 0.6 is 0 Å². The van der Waals surface area contributed by atoms with Gasteiger partial charge in [-0.05, 0) is 18.4 Å². The lowest BCUT2D eigenvalue weighted by molar-refractivity contribution is -0.149. The topological polar surface area (TPSA) is 222 Å². The molecule has 4 amide bonds. The summed E-state index contributed by atoms with van der Waals surface area (Å²) in [4.78, 5) is 73.6. The van der Waals surface area contributed by atoms with E-state index in [1.165, 1.54) is 4.90 Å². The largest absolute Gasteiger partial charge is 0.481 e. The van der Waals surface area contributed by atoms with Gasteiger partial charge in [-0.15, -0.1) is 0 Å². The smallest absolute Gasteiger partial charge is 0.326 e. The minimum Gasteiger partial charge on any atom is -0.481 e. The number of carbonyl (C=O) groups excluding carboxylic acids is 4. The molecule has 1 saturated heterocycles. The first-order chi connectivity index (χ1) is 16.5. The van der Waals surface area contributed by atoms with E-state index in [-0.39, 0.29) is 19.4 Å². The van der Waals surface area contributed by atoms with Crippen LogP contribution in [0.25, 0.3) is 0 Å². The van der Waals surface area contributed by atoms with E-state index in [1.54, 1.807) is 30.3 Å². The number of carboxylic acid groups (broad SMARTS) is 2. The molecule has 1 fully saturated rings. The van der Waals surface area contributed by atoms with Gasteiger partial charge < -0.3 is 37.2 Å². The molecule has 13 nitrogen and oxygen atoms in total. The highest BCUT2D eigenvalue weighted by molar-refractivity contribution is 5.96. The zero-order chi connectivity index (χ0) is 26.1. The van der Waals surface area contributed by atoms with E-state index >= 15 is 0 Å². The number of hydrogen-bond donors (Lipinski definition) is 6. The number of nitrogens with one attached hydrogen (secondary N) is 2. The Labute approximate surface area is 200 Å². The van der Waals surface area contributed by atoms with Crippen molar-refractivity contribution < 1.29 is 39.0 Å². The first kappa shape index (κ1) is 27.2. The number of amides is 4. The van der Waals surface area contributed by atoms with Gasteiger partial charge in [-0.2, -0.15) is 0 Å². The molecule has 1 aromatic rings. The molecule has 1 aliphatic heterocycles. The van der Waals surface area contributed by atoms with Crippen molar-refractivity contribution in [2.24, 2.45) is 11.5 Å². The lowest BCUT2D eigenvalue weighted by atomic mass is 10.0. The predicted molar refractivity (Wildman–Crippen MR) is 120 cm³/mol. The Morgan fingerprint density at radius 3 is 2.17 bits per heavy atom. The summed E-state index contributed by atoms with van der Waals surface area (Å²) in [5, 5.41) is 23.3. The van der Waals surface area contributed by atoms with Crippen LogP contribution in [0.3, 0.4) is 0 Å². The summed E-state index contributed by atoms with van der Waals surface area (Å²) in [5.41, 5.74) is 11.2. The monoisotopic (exact) mass is 491 g/mol. The van der Waals surface area contributed by atoms with Gasteiger partial charge in [0.2, 0.25) is 23.6 Å². The molecule has 8 N–H and O–H groups in total. The van der Waals surface area contributed by atoms with Gasteiger partial charge in [-0.1, -0.05) is 30.3 Å². The molecular weight excluding hydrogens is 462 g/mol. The maximum absolute atomic E-state index is 13.3. The van der Waals surface area contributed by atoms with Crippen molar-refractivity contribution in [1.82, 2.24) is 15.5 Å². The maximum Gasteiger partial charge on any atom is 0.326 e. The van der Waals surface area contributed by atoms with E-state index in [0.29, 0.717) is 12.0 Å². The standard InChI is InChI=1S/C22H29N5O8/c23-13(10-17(24)28)19(31)25-14(11-18(29)30)20(32)26-15(9-12-5-2-1-3-6-12)21(33)27-8-4-7-16(27)22(34)35/h1-3,5-6,13-16H,4,7-11,23H2,(H2,24,28)(H,25,31)(H,26,32)(H,29,30)(H,34,35). The molecule has 0 bridgehead atoms. The fourth-order valence-electron chi connectivity index (χ4n) is 3.78. The molecule has 4 unspecified atom stereocenters. The highest BCUT2D eigenvalue weighted by Gasteiger charge is 2.38. The molecule has 35 heavy (non-hydrogen) atoms. The number of nitrogens with two attached hydrogens (primary N) is 2. The number of benzene rings is 1. The van der Waals surface area contributed by atoms with Gasteiger partial charge in [0, 0.05) is 13.0 Å². The molecule has 1 aromatic carbocycles. The molecule has 0 saturated carbocycles. The van der Waals surface area contributed by atoms with Crippen molar-refractivity contribution in [2.75, 3.05) is 6.54 Å². The Kier molecular flexibility index (Phi) is 9.70. The van der Waals surface area contributed by atoms with Crippen molar-refractivity contribution in [2.45, 2.75) is 56.3 Å². The number of aliphatic carboxylic acids is 2. The van der Waals surface area contributed by atoms with E-state index in [0.717, 1.165) is 0 Å². The zero-order valence-corrected chi connectivity index (χ0v) is 18.9. The summed E-state index contributed by atoms with van der Waals surface area (Å²) in [6, 6.07) is 3.35. The van der Waals surface area contributed by atoms with Crippen LogP contribution < -0.4 is 22.1 Å². The number of carboxylic acids is 2. The molecule has 0 spiro atoms. The SMILES string of the molecule is NC(=O)CC(N)C(=O)NC(CC(=O)O)C(=O)NC(Cc1ccccc1)C(=O)N1CCCC1C(=O)O. The van der Waals surface area contributed by atoms with Crippen LogP contribution in [0.2, 0.25) is 0 Å². The summed E-state index contributed by atoms with van der Waals surface area (Å²) in [5.74, 6) is -6.03. The zero-order valence-electron chi connectivity index (χ0n) is 18.9. The molecule has 0 aliphatic carbocycles. The number of nitrogens with zero attached hydrogens (tertiary/aromatic N) is 1. The summed E-state index contributed by atoms with van der Waals surface area (Å²) in [7, 11) is 0. The van der Waals surface area contributed by atoms with Gasteiger partial charge in [0.25, 0.3) is 0 Å². The van der Waals surface area contributed by atoms with E-state index in [4.69, 9.17) is 11.5 Å². The van der Waals surface area contributed by atoms with Crippen LogP contribution in [0.15, 0.2) is 30.3 Å². The second kappa shape index (κ2) is 12.5. The third-order valence-electron chi connectivity index (χ3n) is 5.49. The first-order valence-electron chi connectivity index (χ1n) is 10.9. The minimum absolute atomic E-state index is 0.00315. The highest BCUT2D eigenvalue weighted by atomic mass is 16.4. The summed E-state index contributed by atoms with van der Waals surface area (Å²) in [6.45, 7) is 0.189. The predicted octanol–water partition coefficient (Wildman–Crippen LogP) is -2.05. The third kappa shape index (κ3) is 8.07. The van der Waals surface area contributed by atoms with Crippen molar-refractivity contribution in [1.29, 1.82) is 0 Å². The van der Waals surface area contributed by atoms with Crippen LogP contribution in [0.5, 0.6) is 0 Å². The maximum atomic E-state index is 13.3. The van der Waals surface area contributed by atoms with Crippen LogP contribution in [0.4, 0.5) is 0 Å².